The zero-order valence-corrected chi connectivity index (χ0v) is 15.3. The molecule has 0 unspecified atom stereocenters. The van der Waals surface area contributed by atoms with Crippen LogP contribution in [0.2, 0.25) is 0 Å². The molecule has 1 aliphatic carbocycles. The van der Waals surface area contributed by atoms with Gasteiger partial charge >= 0.3 is 5.97 Å². The van der Waals surface area contributed by atoms with Crippen LogP contribution in [0.25, 0.3) is 6.08 Å². The first-order valence-corrected chi connectivity index (χ1v) is 9.00. The lowest BCUT2D eigenvalue weighted by atomic mass is 9.79. The fourth-order valence-electron chi connectivity index (χ4n) is 3.43. The standard InChI is InChI=1S/C18H25N3O6/c1-25-14-12-20-13(2-3-15(22)23)16(21-14)19-9-8-17(24)4-6-18(7-5-17)26-10-11-27-18/h2-3,12,24H,4-11H2,1H3,(H,19,21)(H,22,23)/b3-2+. The predicted molar refractivity (Wildman–Crippen MR) is 96.4 cm³/mol. The van der Waals surface area contributed by atoms with Gasteiger partial charge in [0.05, 0.1) is 32.1 Å². The second-order valence-electron chi connectivity index (χ2n) is 6.83. The molecule has 3 N–H and O–H groups in total. The Morgan fingerprint density at radius 1 is 1.33 bits per heavy atom. The van der Waals surface area contributed by atoms with Crippen LogP contribution >= 0.6 is 0 Å². The molecule has 1 spiro atoms. The average Bonchev–Trinajstić information content (AvgIpc) is 3.12. The molecule has 1 aromatic rings. The molecule has 1 saturated heterocycles. The van der Waals surface area contributed by atoms with Gasteiger partial charge in [0.2, 0.25) is 5.88 Å². The van der Waals surface area contributed by atoms with Crippen LogP contribution in [0, 0.1) is 0 Å². The second-order valence-corrected chi connectivity index (χ2v) is 6.83. The van der Waals surface area contributed by atoms with Crippen molar-refractivity contribution >= 4 is 17.9 Å². The van der Waals surface area contributed by atoms with E-state index in [4.69, 9.17) is 19.3 Å². The molecule has 9 heteroatoms. The van der Waals surface area contributed by atoms with Gasteiger partial charge in [0.25, 0.3) is 0 Å². The highest BCUT2D eigenvalue weighted by molar-refractivity contribution is 5.85. The SMILES string of the molecule is COc1cnc(/C=C/C(=O)O)c(NCCC2(O)CCC3(CC2)OCCO3)n1. The maximum atomic E-state index is 10.8. The normalized spacial score (nSPS) is 20.8. The molecule has 1 aliphatic heterocycles. The number of aliphatic carboxylic acids is 1. The molecular weight excluding hydrogens is 354 g/mol. The number of aliphatic hydroxyl groups is 1. The quantitative estimate of drug-likeness (QED) is 0.604. The molecule has 27 heavy (non-hydrogen) atoms. The van der Waals surface area contributed by atoms with Crippen molar-refractivity contribution in [1.82, 2.24) is 9.97 Å². The molecule has 3 rings (SSSR count). The summed E-state index contributed by atoms with van der Waals surface area (Å²) in [6.07, 6.45) is 6.85. The predicted octanol–water partition coefficient (Wildman–Crippen LogP) is 1.43. The van der Waals surface area contributed by atoms with Crippen molar-refractivity contribution in [2.45, 2.75) is 43.5 Å². The molecule has 1 saturated carbocycles. The molecule has 0 amide bonds. The lowest BCUT2D eigenvalue weighted by Crippen LogP contribution is -2.44. The zero-order valence-electron chi connectivity index (χ0n) is 15.3. The molecule has 0 radical (unpaired) electrons. The van der Waals surface area contributed by atoms with Gasteiger partial charge in [0, 0.05) is 25.5 Å². The van der Waals surface area contributed by atoms with Gasteiger partial charge in [0.1, 0.15) is 5.69 Å². The number of ether oxygens (including phenoxy) is 3. The molecule has 0 bridgehead atoms. The number of hydrogen-bond acceptors (Lipinski definition) is 8. The number of hydrogen-bond donors (Lipinski definition) is 3. The van der Waals surface area contributed by atoms with Crippen LogP contribution in [0.4, 0.5) is 5.82 Å². The first-order chi connectivity index (χ1) is 12.9. The third-order valence-corrected chi connectivity index (χ3v) is 5.01. The minimum absolute atomic E-state index is 0.318. The molecule has 2 fully saturated rings. The summed E-state index contributed by atoms with van der Waals surface area (Å²) in [4.78, 5) is 19.2. The van der Waals surface area contributed by atoms with Gasteiger partial charge in [-0.05, 0) is 25.3 Å². The minimum Gasteiger partial charge on any atom is -0.480 e. The van der Waals surface area contributed by atoms with Crippen LogP contribution in [-0.4, -0.2) is 64.4 Å². The summed E-state index contributed by atoms with van der Waals surface area (Å²) in [5, 5.41) is 22.8. The van der Waals surface area contributed by atoms with Crippen LogP contribution in [0.15, 0.2) is 12.3 Å². The summed E-state index contributed by atoms with van der Waals surface area (Å²) in [6.45, 7) is 1.68. The van der Waals surface area contributed by atoms with E-state index in [1.165, 1.54) is 19.4 Å². The van der Waals surface area contributed by atoms with E-state index in [1.54, 1.807) is 0 Å². The van der Waals surface area contributed by atoms with Gasteiger partial charge in [-0.15, -0.1) is 0 Å². The Balaban J connectivity index is 1.58. The highest BCUT2D eigenvalue weighted by Crippen LogP contribution is 2.41. The van der Waals surface area contributed by atoms with Crippen molar-refractivity contribution in [3.05, 3.63) is 18.0 Å². The summed E-state index contributed by atoms with van der Waals surface area (Å²) < 4.78 is 16.5. The zero-order chi connectivity index (χ0) is 19.3. The smallest absolute Gasteiger partial charge is 0.328 e. The summed E-state index contributed by atoms with van der Waals surface area (Å²) >= 11 is 0. The molecule has 1 aromatic heterocycles. The molecule has 0 aromatic carbocycles. The molecule has 148 valence electrons. The fraction of sp³-hybridized carbons (Fsp3) is 0.611. The number of anilines is 1. The molecular formula is C18H25N3O6. The summed E-state index contributed by atoms with van der Waals surface area (Å²) in [5.41, 5.74) is -0.405. The summed E-state index contributed by atoms with van der Waals surface area (Å²) in [6, 6.07) is 0. The van der Waals surface area contributed by atoms with E-state index in [9.17, 15) is 9.90 Å². The Labute approximate surface area is 157 Å². The number of nitrogens with one attached hydrogen (secondary N) is 1. The topological polar surface area (TPSA) is 123 Å². The number of nitrogens with zero attached hydrogens (tertiary/aromatic N) is 2. The van der Waals surface area contributed by atoms with Crippen molar-refractivity contribution < 1.29 is 29.2 Å². The lowest BCUT2D eigenvalue weighted by molar-refractivity contribution is -0.202. The molecule has 9 nitrogen and oxygen atoms in total. The van der Waals surface area contributed by atoms with Crippen LogP contribution in [0.5, 0.6) is 5.88 Å². The van der Waals surface area contributed by atoms with E-state index in [1.807, 2.05) is 0 Å². The summed E-state index contributed by atoms with van der Waals surface area (Å²) in [5.74, 6) is -0.850. The van der Waals surface area contributed by atoms with E-state index in [0.717, 1.165) is 6.08 Å². The summed E-state index contributed by atoms with van der Waals surface area (Å²) in [7, 11) is 1.48. The second kappa shape index (κ2) is 8.20. The fourth-order valence-corrected chi connectivity index (χ4v) is 3.43. The largest absolute Gasteiger partial charge is 0.480 e. The van der Waals surface area contributed by atoms with Crippen LogP contribution < -0.4 is 10.1 Å². The van der Waals surface area contributed by atoms with E-state index >= 15 is 0 Å². The van der Waals surface area contributed by atoms with Crippen molar-refractivity contribution in [2.75, 3.05) is 32.2 Å². The van der Waals surface area contributed by atoms with Crippen molar-refractivity contribution in [2.24, 2.45) is 0 Å². The van der Waals surface area contributed by atoms with Crippen molar-refractivity contribution in [3.63, 3.8) is 0 Å². The first kappa shape index (κ1) is 19.5. The number of aromatic nitrogens is 2. The van der Waals surface area contributed by atoms with Crippen molar-refractivity contribution in [3.8, 4) is 5.88 Å². The van der Waals surface area contributed by atoms with Gasteiger partial charge < -0.3 is 29.7 Å². The van der Waals surface area contributed by atoms with Crippen LogP contribution in [-0.2, 0) is 14.3 Å². The van der Waals surface area contributed by atoms with E-state index in [0.29, 0.717) is 69.3 Å². The number of carboxylic acid groups (broad SMARTS) is 1. The first-order valence-electron chi connectivity index (χ1n) is 9.00. The van der Waals surface area contributed by atoms with Crippen LogP contribution in [0.1, 0.15) is 37.8 Å². The van der Waals surface area contributed by atoms with Crippen molar-refractivity contribution in [1.29, 1.82) is 0 Å². The van der Waals surface area contributed by atoms with Crippen LogP contribution in [0.3, 0.4) is 0 Å². The third-order valence-electron chi connectivity index (χ3n) is 5.01. The highest BCUT2D eigenvalue weighted by atomic mass is 16.7. The maximum absolute atomic E-state index is 10.8. The number of carbonyl (C=O) groups is 1. The monoisotopic (exact) mass is 379 g/mol. The minimum atomic E-state index is -1.07. The molecule has 2 heterocycles. The van der Waals surface area contributed by atoms with Gasteiger partial charge in [-0.25, -0.2) is 9.78 Å². The Bertz CT molecular complexity index is 692. The van der Waals surface area contributed by atoms with E-state index in [2.05, 4.69) is 15.3 Å². The Morgan fingerprint density at radius 3 is 2.67 bits per heavy atom. The van der Waals surface area contributed by atoms with Gasteiger partial charge in [-0.2, -0.15) is 4.98 Å². The number of carboxylic acids is 1. The number of rotatable bonds is 7. The Kier molecular flexibility index (Phi) is 5.93. The Hall–Kier alpha value is -2.23. The molecule has 0 atom stereocenters. The maximum Gasteiger partial charge on any atom is 0.328 e. The average molecular weight is 379 g/mol. The molecule has 2 aliphatic rings. The van der Waals surface area contributed by atoms with E-state index in [-0.39, 0.29) is 0 Å². The Morgan fingerprint density at radius 2 is 2.04 bits per heavy atom. The number of methoxy groups -OCH3 is 1. The van der Waals surface area contributed by atoms with Gasteiger partial charge in [-0.3, -0.25) is 0 Å². The van der Waals surface area contributed by atoms with E-state index < -0.39 is 17.4 Å². The third kappa shape index (κ3) is 4.94. The lowest BCUT2D eigenvalue weighted by Gasteiger charge is -2.40. The van der Waals surface area contributed by atoms with Gasteiger partial charge in [-0.1, -0.05) is 0 Å². The van der Waals surface area contributed by atoms with Gasteiger partial charge in [0.15, 0.2) is 11.6 Å². The highest BCUT2D eigenvalue weighted by Gasteiger charge is 2.45.